The van der Waals surface area contributed by atoms with Crippen molar-refractivity contribution in [2.24, 2.45) is 5.41 Å². The Hall–Kier alpha value is -0.630. The number of Topliss-reactive ketones (excluding diaryl/α,β-unsaturated/α-hetero) is 1. The van der Waals surface area contributed by atoms with E-state index in [1.54, 1.807) is 11.3 Å². The number of ketones is 1. The van der Waals surface area contributed by atoms with Crippen LogP contribution in [0, 0.1) is 5.41 Å². The van der Waals surface area contributed by atoms with Crippen molar-refractivity contribution >= 4 is 17.1 Å². The third kappa shape index (κ3) is 2.22. The molecule has 1 heterocycles. The van der Waals surface area contributed by atoms with Crippen LogP contribution in [0.4, 0.5) is 0 Å². The van der Waals surface area contributed by atoms with Crippen LogP contribution in [0.25, 0.3) is 0 Å². The van der Waals surface area contributed by atoms with Crippen molar-refractivity contribution in [1.29, 1.82) is 0 Å². The molecule has 2 rings (SSSR count). The molecule has 1 saturated carbocycles. The molecule has 1 nitrogen and oxygen atoms in total. The van der Waals surface area contributed by atoms with Crippen molar-refractivity contribution in [2.75, 3.05) is 0 Å². The molecule has 88 valence electrons. The summed E-state index contributed by atoms with van der Waals surface area (Å²) in [6.45, 7) is 4.29. The molecule has 0 unspecified atom stereocenters. The lowest BCUT2D eigenvalue weighted by molar-refractivity contribution is 0.0754. The van der Waals surface area contributed by atoms with Gasteiger partial charge >= 0.3 is 0 Å². The Morgan fingerprint density at radius 1 is 1.31 bits per heavy atom. The summed E-state index contributed by atoms with van der Waals surface area (Å²) in [5, 5.41) is 0. The van der Waals surface area contributed by atoms with Gasteiger partial charge in [0.05, 0.1) is 4.88 Å². The van der Waals surface area contributed by atoms with Gasteiger partial charge < -0.3 is 0 Å². The first-order valence-corrected chi connectivity index (χ1v) is 7.11. The second kappa shape index (κ2) is 4.70. The molecular weight excluding hydrogens is 216 g/mol. The zero-order valence-corrected chi connectivity index (χ0v) is 11.0. The monoisotopic (exact) mass is 236 g/mol. The summed E-state index contributed by atoms with van der Waals surface area (Å²) < 4.78 is 0. The molecule has 0 amide bonds. The smallest absolute Gasteiger partial charge is 0.178 e. The minimum absolute atomic E-state index is 0.0753. The molecule has 2 heteroatoms. The lowest BCUT2D eigenvalue weighted by Gasteiger charge is -2.31. The molecule has 1 aliphatic carbocycles. The fourth-order valence-electron chi connectivity index (χ4n) is 2.55. The van der Waals surface area contributed by atoms with E-state index in [0.29, 0.717) is 5.78 Å². The lowest BCUT2D eigenvalue weighted by atomic mass is 9.72. The number of hydrogen-bond acceptors (Lipinski definition) is 2. The molecule has 0 atom stereocenters. The van der Waals surface area contributed by atoms with Crippen LogP contribution in [0.15, 0.2) is 12.1 Å². The predicted molar refractivity (Wildman–Crippen MR) is 69.2 cm³/mol. The van der Waals surface area contributed by atoms with E-state index in [2.05, 4.69) is 19.9 Å². The molecule has 0 aromatic carbocycles. The van der Waals surface area contributed by atoms with Crippen molar-refractivity contribution in [3.63, 3.8) is 0 Å². The number of aryl methyl sites for hydroxylation is 1. The minimum Gasteiger partial charge on any atom is -0.293 e. The molecule has 0 spiro atoms. The molecular formula is C14H20OS. The van der Waals surface area contributed by atoms with Crippen molar-refractivity contribution in [1.82, 2.24) is 0 Å². The average Bonchev–Trinajstić information content (AvgIpc) is 2.77. The van der Waals surface area contributed by atoms with E-state index in [1.165, 1.54) is 24.1 Å². The highest BCUT2D eigenvalue weighted by Gasteiger charge is 2.35. The van der Waals surface area contributed by atoms with E-state index < -0.39 is 0 Å². The number of carbonyl (C=O) groups is 1. The van der Waals surface area contributed by atoms with Gasteiger partial charge in [0.2, 0.25) is 0 Å². The van der Waals surface area contributed by atoms with E-state index in [0.717, 1.165) is 24.1 Å². The Morgan fingerprint density at radius 2 is 2.00 bits per heavy atom. The van der Waals surface area contributed by atoms with E-state index in [9.17, 15) is 4.79 Å². The summed E-state index contributed by atoms with van der Waals surface area (Å²) in [5.41, 5.74) is -0.0753. The van der Waals surface area contributed by atoms with Crippen LogP contribution in [0.1, 0.15) is 60.5 Å². The number of rotatable bonds is 3. The fraction of sp³-hybridized carbons (Fsp3) is 0.643. The zero-order valence-electron chi connectivity index (χ0n) is 10.2. The van der Waals surface area contributed by atoms with Gasteiger partial charge in [-0.05, 0) is 31.4 Å². The predicted octanol–water partition coefficient (Wildman–Crippen LogP) is 4.46. The minimum atomic E-state index is -0.0753. The van der Waals surface area contributed by atoms with E-state index in [1.807, 2.05) is 6.07 Å². The highest BCUT2D eigenvalue weighted by atomic mass is 32.1. The molecule has 1 aromatic rings. The maximum atomic E-state index is 12.5. The van der Waals surface area contributed by atoms with Crippen molar-refractivity contribution in [3.8, 4) is 0 Å². The second-order valence-corrected chi connectivity index (χ2v) is 6.24. The maximum absolute atomic E-state index is 12.5. The van der Waals surface area contributed by atoms with Crippen LogP contribution >= 0.6 is 11.3 Å². The summed E-state index contributed by atoms with van der Waals surface area (Å²) in [5.74, 6) is 0.386. The van der Waals surface area contributed by atoms with Gasteiger partial charge in [-0.1, -0.05) is 33.1 Å². The molecule has 16 heavy (non-hydrogen) atoms. The Bertz CT molecular complexity index is 372. The van der Waals surface area contributed by atoms with E-state index in [4.69, 9.17) is 0 Å². The summed E-state index contributed by atoms with van der Waals surface area (Å²) in [6.07, 6.45) is 6.92. The van der Waals surface area contributed by atoms with Crippen LogP contribution < -0.4 is 0 Å². The van der Waals surface area contributed by atoms with Crippen molar-refractivity contribution in [2.45, 2.75) is 52.4 Å². The van der Waals surface area contributed by atoms with Gasteiger partial charge in [-0.25, -0.2) is 0 Å². The van der Waals surface area contributed by atoms with Crippen molar-refractivity contribution in [3.05, 3.63) is 21.9 Å². The highest BCUT2D eigenvalue weighted by Crippen LogP contribution is 2.39. The summed E-state index contributed by atoms with van der Waals surface area (Å²) in [7, 11) is 0. The Kier molecular flexibility index (Phi) is 3.48. The summed E-state index contributed by atoms with van der Waals surface area (Å²) in [6, 6.07) is 4.12. The van der Waals surface area contributed by atoms with E-state index >= 15 is 0 Å². The molecule has 1 aromatic heterocycles. The second-order valence-electron chi connectivity index (χ2n) is 5.07. The highest BCUT2D eigenvalue weighted by molar-refractivity contribution is 7.14. The van der Waals surface area contributed by atoms with Gasteiger partial charge in [0.25, 0.3) is 0 Å². The summed E-state index contributed by atoms with van der Waals surface area (Å²) >= 11 is 1.68. The molecule has 1 aliphatic rings. The van der Waals surface area contributed by atoms with Gasteiger partial charge in [-0.3, -0.25) is 4.79 Å². The van der Waals surface area contributed by atoms with Crippen LogP contribution in [-0.4, -0.2) is 5.78 Å². The van der Waals surface area contributed by atoms with E-state index in [-0.39, 0.29) is 5.41 Å². The topological polar surface area (TPSA) is 17.1 Å². The molecule has 0 bridgehead atoms. The quantitative estimate of drug-likeness (QED) is 0.708. The number of hydrogen-bond donors (Lipinski definition) is 0. The fourth-order valence-corrected chi connectivity index (χ4v) is 3.58. The SMILES string of the molecule is CCc1ccc(C(=O)C2(C)CCCCC2)s1. The average molecular weight is 236 g/mol. The maximum Gasteiger partial charge on any atom is 0.178 e. The van der Waals surface area contributed by atoms with Crippen LogP contribution in [-0.2, 0) is 6.42 Å². The van der Waals surface area contributed by atoms with Crippen LogP contribution in [0.5, 0.6) is 0 Å². The first-order chi connectivity index (χ1) is 7.65. The molecule has 0 aliphatic heterocycles. The standard InChI is InChI=1S/C14H20OS/c1-3-11-7-8-12(16-11)13(15)14(2)9-5-4-6-10-14/h7-8H,3-6,9-10H2,1-2H3. The largest absolute Gasteiger partial charge is 0.293 e. The number of carbonyl (C=O) groups excluding carboxylic acids is 1. The normalized spacial score (nSPS) is 19.6. The van der Waals surface area contributed by atoms with Crippen LogP contribution in [0.3, 0.4) is 0 Å². The van der Waals surface area contributed by atoms with Gasteiger partial charge in [0.1, 0.15) is 0 Å². The van der Waals surface area contributed by atoms with Gasteiger partial charge in [0, 0.05) is 10.3 Å². The lowest BCUT2D eigenvalue weighted by Crippen LogP contribution is -2.29. The molecule has 0 saturated heterocycles. The van der Waals surface area contributed by atoms with Crippen LogP contribution in [0.2, 0.25) is 0 Å². The third-order valence-corrected chi connectivity index (χ3v) is 4.97. The van der Waals surface area contributed by atoms with Gasteiger partial charge in [-0.2, -0.15) is 0 Å². The molecule has 0 radical (unpaired) electrons. The first kappa shape index (κ1) is 11.8. The third-order valence-electron chi connectivity index (χ3n) is 3.74. The Morgan fingerprint density at radius 3 is 2.56 bits per heavy atom. The molecule has 1 fully saturated rings. The van der Waals surface area contributed by atoms with Crippen molar-refractivity contribution < 1.29 is 4.79 Å². The Balaban J connectivity index is 2.17. The number of thiophene rings is 1. The van der Waals surface area contributed by atoms with Gasteiger partial charge in [-0.15, -0.1) is 11.3 Å². The van der Waals surface area contributed by atoms with Gasteiger partial charge in [0.15, 0.2) is 5.78 Å². The summed E-state index contributed by atoms with van der Waals surface area (Å²) in [4.78, 5) is 14.8. The molecule has 0 N–H and O–H groups in total. The Labute approximate surface area is 102 Å². The first-order valence-electron chi connectivity index (χ1n) is 6.29. The zero-order chi connectivity index (χ0) is 11.6.